The first-order chi connectivity index (χ1) is 20.6. The van der Waals surface area contributed by atoms with Gasteiger partial charge in [0.25, 0.3) is 5.91 Å². The molecular weight excluding hydrogens is 591 g/mol. The van der Waals surface area contributed by atoms with Gasteiger partial charge in [-0.15, -0.1) is 5.10 Å². The summed E-state index contributed by atoms with van der Waals surface area (Å²) in [7, 11) is 1.59. The van der Waals surface area contributed by atoms with Crippen molar-refractivity contribution in [3.63, 3.8) is 0 Å². The van der Waals surface area contributed by atoms with Crippen LogP contribution in [0.4, 0.5) is 0 Å². The Kier molecular flexibility index (Phi) is 7.83. The largest absolute Gasteiger partial charge is 0.494 e. The molecule has 0 saturated heterocycles. The first-order valence-electron chi connectivity index (χ1n) is 14.2. The van der Waals surface area contributed by atoms with Crippen LogP contribution in [-0.2, 0) is 35.6 Å². The Labute approximate surface area is 259 Å². The van der Waals surface area contributed by atoms with Crippen LogP contribution < -0.4 is 4.74 Å². The summed E-state index contributed by atoms with van der Waals surface area (Å²) in [6.07, 6.45) is 1.30. The summed E-state index contributed by atoms with van der Waals surface area (Å²) in [5.41, 5.74) is 4.83. The van der Waals surface area contributed by atoms with Gasteiger partial charge in [-0.1, -0.05) is 46.6 Å². The van der Waals surface area contributed by atoms with Crippen LogP contribution >= 0.6 is 23.2 Å². The molecule has 0 fully saturated rings. The number of carboxylic acid groups (broad SMARTS) is 1. The fraction of sp³-hybridized carbons (Fsp3) is 0.375. The van der Waals surface area contributed by atoms with Gasteiger partial charge in [0.1, 0.15) is 16.8 Å². The quantitative estimate of drug-likeness (QED) is 0.294. The molecule has 1 N–H and O–H groups in total. The smallest absolute Gasteiger partial charge is 0.310 e. The Hall–Kier alpha value is -3.66. The number of carbonyl (C=O) groups excluding carboxylic acids is 1. The molecule has 9 rings (SSSR count). The van der Waals surface area contributed by atoms with Crippen LogP contribution in [0.2, 0.25) is 10.0 Å². The standard InChI is InChI=1S/C32H32Cl2N4O5/c1-32(2,31(40)41)28-20-6-5-19-7-9-37(16-22(19)13-20)30(39)27-23(33)11-18(12-24(27)34)17-43-10-4-8-38-29-25(35-36-38)14-21(28)15-26(29)42-3/h5-6,11-15,28H,4,7-10,16-17H2,1-3H3,(H,40,41). The highest BCUT2D eigenvalue weighted by molar-refractivity contribution is 6.39. The second-order valence-corrected chi connectivity index (χ2v) is 12.5. The van der Waals surface area contributed by atoms with Crippen LogP contribution in [0.1, 0.15) is 64.4 Å². The van der Waals surface area contributed by atoms with Crippen molar-refractivity contribution in [1.29, 1.82) is 0 Å². The molecule has 43 heavy (non-hydrogen) atoms. The van der Waals surface area contributed by atoms with Crippen LogP contribution in [-0.4, -0.2) is 57.1 Å². The maximum atomic E-state index is 13.7. The Morgan fingerprint density at radius 1 is 1.07 bits per heavy atom. The Balaban J connectivity index is 1.52. The molecule has 11 heteroatoms. The van der Waals surface area contributed by atoms with Gasteiger partial charge in [-0.05, 0) is 78.8 Å². The van der Waals surface area contributed by atoms with Crippen LogP contribution in [0.5, 0.6) is 5.75 Å². The van der Waals surface area contributed by atoms with Gasteiger partial charge >= 0.3 is 5.97 Å². The number of aromatic nitrogens is 3. The first kappa shape index (κ1) is 29.4. The molecule has 5 aliphatic heterocycles. The van der Waals surface area contributed by atoms with Gasteiger partial charge < -0.3 is 19.5 Å². The van der Waals surface area contributed by atoms with E-state index in [0.717, 1.165) is 33.3 Å². The monoisotopic (exact) mass is 622 g/mol. The van der Waals surface area contributed by atoms with E-state index >= 15 is 0 Å². The molecule has 0 radical (unpaired) electrons. The molecule has 6 heterocycles. The first-order valence-corrected chi connectivity index (χ1v) is 14.9. The number of nitrogens with zero attached hydrogens (tertiary/aromatic N) is 4. The molecule has 0 aliphatic carbocycles. The molecule has 1 atom stereocenters. The minimum absolute atomic E-state index is 0.246. The van der Waals surface area contributed by atoms with E-state index in [1.165, 1.54) is 0 Å². The van der Waals surface area contributed by atoms with Crippen molar-refractivity contribution in [2.45, 2.75) is 52.3 Å². The number of benzene rings is 3. The minimum atomic E-state index is -1.19. The summed E-state index contributed by atoms with van der Waals surface area (Å²) in [5, 5.41) is 19.7. The van der Waals surface area contributed by atoms with Gasteiger partial charge in [-0.25, -0.2) is 4.68 Å². The molecule has 9 nitrogen and oxygen atoms in total. The van der Waals surface area contributed by atoms with Gasteiger partial charge in [0.15, 0.2) is 0 Å². The summed E-state index contributed by atoms with van der Waals surface area (Å²) in [6.45, 7) is 5.56. The lowest BCUT2D eigenvalue weighted by atomic mass is 9.70. The van der Waals surface area contributed by atoms with Crippen LogP contribution in [0.25, 0.3) is 11.0 Å². The van der Waals surface area contributed by atoms with E-state index in [0.29, 0.717) is 57.0 Å². The van der Waals surface area contributed by atoms with Gasteiger partial charge in [0.05, 0.1) is 34.7 Å². The number of hydrogen-bond acceptors (Lipinski definition) is 6. The fourth-order valence-electron chi connectivity index (χ4n) is 6.23. The topological polar surface area (TPSA) is 107 Å². The Morgan fingerprint density at radius 3 is 2.56 bits per heavy atom. The highest BCUT2D eigenvalue weighted by atomic mass is 35.5. The number of carbonyl (C=O) groups is 2. The zero-order valence-electron chi connectivity index (χ0n) is 24.2. The zero-order chi connectivity index (χ0) is 30.5. The van der Waals surface area contributed by atoms with Crippen molar-refractivity contribution in [2.24, 2.45) is 5.41 Å². The number of amides is 1. The number of methoxy groups -OCH3 is 1. The van der Waals surface area contributed by atoms with Crippen molar-refractivity contribution >= 4 is 46.1 Å². The third kappa shape index (κ3) is 5.34. The number of rotatable bonds is 3. The average molecular weight is 624 g/mol. The molecule has 3 aromatic carbocycles. The highest BCUT2D eigenvalue weighted by Gasteiger charge is 2.40. The lowest BCUT2D eigenvalue weighted by Gasteiger charge is -2.34. The number of ether oxygens (including phenoxy) is 2. The molecule has 0 spiro atoms. The minimum Gasteiger partial charge on any atom is -0.494 e. The average Bonchev–Trinajstić information content (AvgIpc) is 3.38. The Bertz CT molecular complexity index is 1730. The summed E-state index contributed by atoms with van der Waals surface area (Å²) in [5.74, 6) is -1.17. The lowest BCUT2D eigenvalue weighted by molar-refractivity contribution is -0.147. The van der Waals surface area contributed by atoms with Gasteiger partial charge in [-0.2, -0.15) is 0 Å². The van der Waals surface area contributed by atoms with Crippen molar-refractivity contribution in [1.82, 2.24) is 19.9 Å². The predicted octanol–water partition coefficient (Wildman–Crippen LogP) is 6.11. The molecule has 1 unspecified atom stereocenters. The molecule has 1 aromatic heterocycles. The molecule has 4 aromatic rings. The van der Waals surface area contributed by atoms with E-state index in [9.17, 15) is 14.7 Å². The second kappa shape index (κ2) is 11.4. The fourth-order valence-corrected chi connectivity index (χ4v) is 6.93. The van der Waals surface area contributed by atoms with Gasteiger partial charge in [0.2, 0.25) is 0 Å². The maximum Gasteiger partial charge on any atom is 0.310 e. The zero-order valence-corrected chi connectivity index (χ0v) is 25.7. The summed E-state index contributed by atoms with van der Waals surface area (Å²) in [4.78, 5) is 28.1. The van der Waals surface area contributed by atoms with Gasteiger partial charge in [-0.3, -0.25) is 9.59 Å². The Morgan fingerprint density at radius 2 is 1.84 bits per heavy atom. The second-order valence-electron chi connectivity index (χ2n) is 11.7. The molecule has 9 bridgehead atoms. The number of aliphatic carboxylic acids is 1. The normalized spacial score (nSPS) is 17.6. The van der Waals surface area contributed by atoms with Crippen LogP contribution in [0.3, 0.4) is 0 Å². The summed E-state index contributed by atoms with van der Waals surface area (Å²) in [6, 6.07) is 13.3. The number of aryl methyl sites for hydroxylation is 1. The summed E-state index contributed by atoms with van der Waals surface area (Å²) < 4.78 is 13.5. The molecule has 1 amide bonds. The van der Waals surface area contributed by atoms with Crippen molar-refractivity contribution in [3.8, 4) is 5.75 Å². The van der Waals surface area contributed by atoms with Crippen LogP contribution in [0, 0.1) is 5.41 Å². The molecule has 0 saturated carbocycles. The molecule has 224 valence electrons. The van der Waals surface area contributed by atoms with E-state index in [1.54, 1.807) is 42.7 Å². The third-order valence-corrected chi connectivity index (χ3v) is 9.12. The van der Waals surface area contributed by atoms with E-state index in [-0.39, 0.29) is 21.5 Å². The third-order valence-electron chi connectivity index (χ3n) is 8.53. The van der Waals surface area contributed by atoms with Crippen molar-refractivity contribution < 1.29 is 24.2 Å². The number of carboxylic acids is 1. The van der Waals surface area contributed by atoms with Crippen molar-refractivity contribution in [2.75, 3.05) is 20.3 Å². The van der Waals surface area contributed by atoms with Gasteiger partial charge in [0, 0.05) is 32.2 Å². The van der Waals surface area contributed by atoms with E-state index in [4.69, 9.17) is 32.7 Å². The lowest BCUT2D eigenvalue weighted by Crippen LogP contribution is -2.37. The number of hydrogen-bond donors (Lipinski definition) is 1. The molecule has 5 aliphatic rings. The summed E-state index contributed by atoms with van der Waals surface area (Å²) >= 11 is 13.2. The van der Waals surface area contributed by atoms with E-state index < -0.39 is 17.3 Å². The van der Waals surface area contributed by atoms with Crippen LogP contribution in [0.15, 0.2) is 42.5 Å². The maximum absolute atomic E-state index is 13.7. The molecular formula is C32H32Cl2N4O5. The SMILES string of the molecule is COc1cc2cc3nnn(c13)CCCOCc1cc(Cl)c(c(Cl)c1)C(=O)N1CCc3ccc(cc3C1)C2C(C)(C)C(=O)O. The van der Waals surface area contributed by atoms with Crippen molar-refractivity contribution in [3.05, 3.63) is 85.9 Å². The predicted molar refractivity (Wildman–Crippen MR) is 163 cm³/mol. The van der Waals surface area contributed by atoms with E-state index in [2.05, 4.69) is 10.3 Å². The van der Waals surface area contributed by atoms with E-state index in [1.807, 2.05) is 30.3 Å². The number of halogens is 2. The highest BCUT2D eigenvalue weighted by Crippen LogP contribution is 2.44.